The van der Waals surface area contributed by atoms with Crippen molar-refractivity contribution in [3.63, 3.8) is 0 Å². The molecule has 0 nitrogen and oxygen atoms in total. The van der Waals surface area contributed by atoms with Gasteiger partial charge in [-0.2, -0.15) is 4.39 Å². The van der Waals surface area contributed by atoms with Crippen LogP contribution in [0.1, 0.15) is 4.88 Å². The topological polar surface area (TPSA) is 0 Å². The Morgan fingerprint density at radius 3 is 2.50 bits per heavy atom. The summed E-state index contributed by atoms with van der Waals surface area (Å²) in [5.41, 5.74) is 0. The van der Waals surface area contributed by atoms with E-state index in [0.717, 1.165) is 16.2 Å². The molecule has 1 aromatic rings. The molecule has 0 atom stereocenters. The monoisotopic (exact) mass is 194 g/mol. The van der Waals surface area contributed by atoms with Crippen molar-refractivity contribution in [1.82, 2.24) is 0 Å². The van der Waals surface area contributed by atoms with Crippen LogP contribution in [0.15, 0.2) is 10.5 Å². The van der Waals surface area contributed by atoms with E-state index in [-0.39, 0.29) is 5.13 Å². The normalized spacial score (nSPS) is 9.88. The van der Waals surface area contributed by atoms with Gasteiger partial charge in [0.1, 0.15) is 0 Å². The molecule has 0 saturated heterocycles. The predicted octanol–water partition coefficient (Wildman–Crippen LogP) is 2.96. The summed E-state index contributed by atoms with van der Waals surface area (Å²) in [6.07, 6.45) is 0. The predicted molar refractivity (Wildman–Crippen MR) is 36.7 cm³/mol. The second kappa shape index (κ2) is 2.15. The summed E-state index contributed by atoms with van der Waals surface area (Å²) in [5, 5.41) is -0.137. The number of rotatable bonds is 0. The lowest BCUT2D eigenvalue weighted by molar-refractivity contribution is 0.651. The zero-order valence-corrected chi connectivity index (χ0v) is 6.64. The minimum atomic E-state index is -0.137. The molecule has 1 rings (SSSR count). The molecule has 0 amide bonds. The summed E-state index contributed by atoms with van der Waals surface area (Å²) in [4.78, 5) is 0.995. The smallest absolute Gasteiger partial charge is 0.190 e. The Balaban J connectivity index is 3.14. The minimum absolute atomic E-state index is 0.137. The van der Waals surface area contributed by atoms with Gasteiger partial charge in [0.15, 0.2) is 5.13 Å². The average Bonchev–Trinajstić information content (AvgIpc) is 1.85. The van der Waals surface area contributed by atoms with Crippen LogP contribution in [-0.4, -0.2) is 0 Å². The molecule has 3 heteroatoms. The molecule has 0 bridgehead atoms. The largest absolute Gasteiger partial charge is 0.194 e. The first-order valence-corrected chi connectivity index (χ1v) is 3.72. The van der Waals surface area contributed by atoms with E-state index < -0.39 is 0 Å². The van der Waals surface area contributed by atoms with Crippen LogP contribution in [-0.2, 0) is 0 Å². The highest BCUT2D eigenvalue weighted by Gasteiger charge is 1.99. The Bertz CT molecular complexity index is 175. The number of thiophene rings is 1. The number of halogens is 2. The first kappa shape index (κ1) is 6.23. The average molecular weight is 195 g/mol. The van der Waals surface area contributed by atoms with Crippen LogP contribution < -0.4 is 0 Å². The fraction of sp³-hybridized carbons (Fsp3) is 0.200. The molecule has 0 saturated carbocycles. The molecule has 0 aromatic carbocycles. The summed E-state index contributed by atoms with van der Waals surface area (Å²) >= 11 is 4.21. The highest BCUT2D eigenvalue weighted by molar-refractivity contribution is 9.10. The van der Waals surface area contributed by atoms with Gasteiger partial charge >= 0.3 is 0 Å². The van der Waals surface area contributed by atoms with Crippen LogP contribution in [0.5, 0.6) is 0 Å². The third-order valence-corrected chi connectivity index (χ3v) is 2.45. The maximum atomic E-state index is 12.3. The summed E-state index contributed by atoms with van der Waals surface area (Å²) in [6, 6.07) is 1.76. The van der Waals surface area contributed by atoms with E-state index in [1.807, 2.05) is 6.92 Å². The van der Waals surface area contributed by atoms with Crippen LogP contribution in [0, 0.1) is 12.1 Å². The maximum absolute atomic E-state index is 12.3. The molecule has 0 radical (unpaired) electrons. The van der Waals surface area contributed by atoms with E-state index in [4.69, 9.17) is 0 Å². The van der Waals surface area contributed by atoms with Gasteiger partial charge in [-0.1, -0.05) is 0 Å². The van der Waals surface area contributed by atoms with Crippen LogP contribution in [0.3, 0.4) is 0 Å². The van der Waals surface area contributed by atoms with Crippen LogP contribution >= 0.6 is 27.3 Å². The highest BCUT2D eigenvalue weighted by atomic mass is 79.9. The molecule has 0 unspecified atom stereocenters. The van der Waals surface area contributed by atoms with E-state index in [0.29, 0.717) is 4.47 Å². The van der Waals surface area contributed by atoms with Crippen LogP contribution in [0.2, 0.25) is 0 Å². The molecule has 1 heterocycles. The summed E-state index contributed by atoms with van der Waals surface area (Å²) in [6.45, 7) is 1.87. The van der Waals surface area contributed by atoms with Gasteiger partial charge in [-0.25, -0.2) is 0 Å². The van der Waals surface area contributed by atoms with E-state index in [9.17, 15) is 4.39 Å². The summed E-state index contributed by atoms with van der Waals surface area (Å²) in [5.74, 6) is 0. The van der Waals surface area contributed by atoms with Gasteiger partial charge in [0, 0.05) is 4.88 Å². The molecule has 0 N–H and O–H groups in total. The third-order valence-electron chi connectivity index (χ3n) is 0.768. The molecule has 0 spiro atoms. The van der Waals surface area contributed by atoms with E-state index in [1.165, 1.54) is 0 Å². The van der Waals surface area contributed by atoms with Gasteiger partial charge in [0.05, 0.1) is 4.47 Å². The van der Waals surface area contributed by atoms with Crippen molar-refractivity contribution in [2.24, 2.45) is 0 Å². The number of hydrogen-bond acceptors (Lipinski definition) is 1. The standard InChI is InChI=1S/C5H4BrFS/c1-3-2-4(6)5(7)8-3/h2H,1H3. The third kappa shape index (κ3) is 1.09. The molecule has 44 valence electrons. The van der Waals surface area contributed by atoms with Crippen molar-refractivity contribution in [2.75, 3.05) is 0 Å². The Hall–Kier alpha value is 0.110. The quantitative estimate of drug-likeness (QED) is 0.596. The Morgan fingerprint density at radius 2 is 2.38 bits per heavy atom. The van der Waals surface area contributed by atoms with Crippen molar-refractivity contribution in [2.45, 2.75) is 6.92 Å². The van der Waals surface area contributed by atoms with Crippen molar-refractivity contribution in [1.29, 1.82) is 0 Å². The lowest BCUT2D eigenvalue weighted by atomic mass is 10.5. The Labute approximate surface area is 59.5 Å². The Morgan fingerprint density at radius 1 is 1.75 bits per heavy atom. The number of hydrogen-bond donors (Lipinski definition) is 0. The molecule has 8 heavy (non-hydrogen) atoms. The molecule has 0 aliphatic carbocycles. The van der Waals surface area contributed by atoms with Crippen molar-refractivity contribution < 1.29 is 4.39 Å². The van der Waals surface area contributed by atoms with Crippen molar-refractivity contribution in [3.8, 4) is 0 Å². The van der Waals surface area contributed by atoms with Crippen molar-refractivity contribution >= 4 is 27.3 Å². The molecular formula is C5H4BrFS. The van der Waals surface area contributed by atoms with Crippen LogP contribution in [0.25, 0.3) is 0 Å². The van der Waals surface area contributed by atoms with Gasteiger partial charge in [-0.05, 0) is 28.9 Å². The van der Waals surface area contributed by atoms with E-state index in [1.54, 1.807) is 6.07 Å². The van der Waals surface area contributed by atoms with Crippen LogP contribution in [0.4, 0.5) is 4.39 Å². The maximum Gasteiger partial charge on any atom is 0.190 e. The van der Waals surface area contributed by atoms with Crippen molar-refractivity contribution in [3.05, 3.63) is 20.5 Å². The summed E-state index contributed by atoms with van der Waals surface area (Å²) in [7, 11) is 0. The Kier molecular flexibility index (Phi) is 1.68. The number of aryl methyl sites for hydroxylation is 1. The zero-order valence-electron chi connectivity index (χ0n) is 4.24. The van der Waals surface area contributed by atoms with E-state index >= 15 is 0 Å². The van der Waals surface area contributed by atoms with Gasteiger partial charge in [0.2, 0.25) is 0 Å². The van der Waals surface area contributed by atoms with Gasteiger partial charge < -0.3 is 0 Å². The SMILES string of the molecule is Cc1cc(Br)c(F)s1. The minimum Gasteiger partial charge on any atom is -0.194 e. The first-order valence-electron chi connectivity index (χ1n) is 2.11. The first-order chi connectivity index (χ1) is 3.70. The lowest BCUT2D eigenvalue weighted by Crippen LogP contribution is -1.54. The highest BCUT2D eigenvalue weighted by Crippen LogP contribution is 2.23. The molecule has 0 aliphatic heterocycles. The van der Waals surface area contributed by atoms with Gasteiger partial charge in [0.25, 0.3) is 0 Å². The van der Waals surface area contributed by atoms with E-state index in [2.05, 4.69) is 15.9 Å². The molecular weight excluding hydrogens is 191 g/mol. The second-order valence-electron chi connectivity index (χ2n) is 1.48. The fourth-order valence-corrected chi connectivity index (χ4v) is 1.81. The molecule has 0 fully saturated rings. The van der Waals surface area contributed by atoms with Gasteiger partial charge in [-0.3, -0.25) is 0 Å². The molecule has 0 aliphatic rings. The fourth-order valence-electron chi connectivity index (χ4n) is 0.455. The zero-order chi connectivity index (χ0) is 6.15. The molecule has 1 aromatic heterocycles. The van der Waals surface area contributed by atoms with Gasteiger partial charge in [-0.15, -0.1) is 11.3 Å². The lowest BCUT2D eigenvalue weighted by Gasteiger charge is -1.72. The summed E-state index contributed by atoms with van der Waals surface area (Å²) < 4.78 is 12.9. The second-order valence-corrected chi connectivity index (χ2v) is 3.54.